The highest BCUT2D eigenvalue weighted by atomic mass is 16.5. The van der Waals surface area contributed by atoms with E-state index in [2.05, 4.69) is 15.6 Å². The van der Waals surface area contributed by atoms with E-state index < -0.39 is 0 Å². The minimum Gasteiger partial charge on any atom is -0.338 e. The number of nitrogens with one attached hydrogen (secondary N) is 1. The van der Waals surface area contributed by atoms with Crippen LogP contribution in [0.15, 0.2) is 4.52 Å². The fraction of sp³-hybridized carbons (Fsp3) is 0.467. The van der Waals surface area contributed by atoms with Crippen molar-refractivity contribution in [3.05, 3.63) is 28.2 Å². The molecule has 0 atom stereocenters. The summed E-state index contributed by atoms with van der Waals surface area (Å²) in [5.41, 5.74) is 3.66. The number of carbonyl (C=O) groups is 2. The van der Waals surface area contributed by atoms with E-state index in [9.17, 15) is 9.59 Å². The lowest BCUT2D eigenvalue weighted by Gasteiger charge is -2.05. The SMILES string of the molecule is CC(=O)c1c(C)nn(CCC(=O)Nc2onc(C)c2C)c1C. The lowest BCUT2D eigenvalue weighted by molar-refractivity contribution is -0.116. The Morgan fingerprint density at radius 2 is 1.86 bits per heavy atom. The molecule has 2 rings (SSSR count). The third-order valence-corrected chi connectivity index (χ3v) is 3.69. The van der Waals surface area contributed by atoms with Gasteiger partial charge in [-0.05, 0) is 34.6 Å². The predicted molar refractivity (Wildman–Crippen MR) is 80.9 cm³/mol. The summed E-state index contributed by atoms with van der Waals surface area (Å²) in [7, 11) is 0. The summed E-state index contributed by atoms with van der Waals surface area (Å²) < 4.78 is 6.73. The van der Waals surface area contributed by atoms with E-state index in [0.29, 0.717) is 23.7 Å². The number of nitrogens with zero attached hydrogens (tertiary/aromatic N) is 3. The standard InChI is InChI=1S/C15H20N4O3/c1-8-9(2)18-22-15(8)16-13(21)6-7-19-11(4)14(12(5)20)10(3)17-19/h6-7H2,1-5H3,(H,16,21). The molecule has 2 aromatic rings. The second-order valence-electron chi connectivity index (χ2n) is 5.35. The average Bonchev–Trinajstić information content (AvgIpc) is 2.90. The lowest BCUT2D eigenvalue weighted by atomic mass is 10.1. The third kappa shape index (κ3) is 3.08. The molecule has 0 bridgehead atoms. The number of ketones is 1. The molecule has 22 heavy (non-hydrogen) atoms. The largest absolute Gasteiger partial charge is 0.338 e. The van der Waals surface area contributed by atoms with Gasteiger partial charge < -0.3 is 4.52 Å². The highest BCUT2D eigenvalue weighted by Crippen LogP contribution is 2.18. The molecule has 0 aliphatic heterocycles. The maximum absolute atomic E-state index is 12.0. The minimum atomic E-state index is -0.184. The van der Waals surface area contributed by atoms with Crippen molar-refractivity contribution >= 4 is 17.6 Å². The van der Waals surface area contributed by atoms with Gasteiger partial charge >= 0.3 is 0 Å². The van der Waals surface area contributed by atoms with Gasteiger partial charge in [-0.1, -0.05) is 5.16 Å². The molecule has 1 amide bonds. The van der Waals surface area contributed by atoms with Crippen molar-refractivity contribution in [3.8, 4) is 0 Å². The smallest absolute Gasteiger partial charge is 0.234 e. The quantitative estimate of drug-likeness (QED) is 0.856. The lowest BCUT2D eigenvalue weighted by Crippen LogP contribution is -2.16. The van der Waals surface area contributed by atoms with Crippen molar-refractivity contribution < 1.29 is 14.1 Å². The Balaban J connectivity index is 2.01. The van der Waals surface area contributed by atoms with Gasteiger partial charge in [-0.15, -0.1) is 0 Å². The fourth-order valence-corrected chi connectivity index (χ4v) is 2.35. The van der Waals surface area contributed by atoms with Crippen molar-refractivity contribution in [2.75, 3.05) is 5.32 Å². The molecule has 0 radical (unpaired) electrons. The van der Waals surface area contributed by atoms with E-state index in [-0.39, 0.29) is 18.1 Å². The molecular formula is C15H20N4O3. The first-order valence-electron chi connectivity index (χ1n) is 7.09. The molecule has 0 aliphatic rings. The van der Waals surface area contributed by atoms with E-state index in [1.54, 1.807) is 11.6 Å². The second-order valence-corrected chi connectivity index (χ2v) is 5.35. The highest BCUT2D eigenvalue weighted by molar-refractivity contribution is 5.96. The number of amides is 1. The van der Waals surface area contributed by atoms with Crippen LogP contribution in [0.3, 0.4) is 0 Å². The van der Waals surface area contributed by atoms with Gasteiger partial charge in [0.1, 0.15) is 0 Å². The summed E-state index contributed by atoms with van der Waals surface area (Å²) in [6.45, 7) is 9.19. The van der Waals surface area contributed by atoms with Crippen LogP contribution < -0.4 is 5.32 Å². The van der Waals surface area contributed by atoms with E-state index in [0.717, 1.165) is 17.0 Å². The van der Waals surface area contributed by atoms with Crippen molar-refractivity contribution in [3.63, 3.8) is 0 Å². The Kier molecular flexibility index (Phi) is 4.44. The number of carbonyl (C=O) groups excluding carboxylic acids is 2. The normalized spacial score (nSPS) is 10.8. The van der Waals surface area contributed by atoms with E-state index in [1.807, 2.05) is 20.8 Å². The fourth-order valence-electron chi connectivity index (χ4n) is 2.35. The number of hydrogen-bond acceptors (Lipinski definition) is 5. The van der Waals surface area contributed by atoms with Crippen LogP contribution in [0.5, 0.6) is 0 Å². The van der Waals surface area contributed by atoms with E-state index in [4.69, 9.17) is 4.52 Å². The van der Waals surface area contributed by atoms with E-state index >= 15 is 0 Å². The molecule has 7 nitrogen and oxygen atoms in total. The van der Waals surface area contributed by atoms with Gasteiger partial charge in [0.2, 0.25) is 11.8 Å². The maximum atomic E-state index is 12.0. The number of aromatic nitrogens is 3. The van der Waals surface area contributed by atoms with Crippen LogP contribution in [0.25, 0.3) is 0 Å². The molecule has 2 aromatic heterocycles. The molecule has 0 aliphatic carbocycles. The number of anilines is 1. The third-order valence-electron chi connectivity index (χ3n) is 3.69. The van der Waals surface area contributed by atoms with Gasteiger partial charge in [0.25, 0.3) is 0 Å². The predicted octanol–water partition coefficient (Wildman–Crippen LogP) is 2.34. The zero-order valence-corrected chi connectivity index (χ0v) is 13.5. The molecule has 0 aromatic carbocycles. The molecule has 7 heteroatoms. The van der Waals surface area contributed by atoms with Crippen LogP contribution >= 0.6 is 0 Å². The van der Waals surface area contributed by atoms with Crippen molar-refractivity contribution in [2.45, 2.75) is 47.6 Å². The Morgan fingerprint density at radius 1 is 1.18 bits per heavy atom. The first-order chi connectivity index (χ1) is 10.3. The zero-order chi connectivity index (χ0) is 16.4. The second kappa shape index (κ2) is 6.13. The number of rotatable bonds is 5. The first-order valence-corrected chi connectivity index (χ1v) is 7.09. The van der Waals surface area contributed by atoms with Crippen LogP contribution in [0.1, 0.15) is 46.3 Å². The minimum absolute atomic E-state index is 0.0153. The molecular weight excluding hydrogens is 284 g/mol. The Hall–Kier alpha value is -2.44. The summed E-state index contributed by atoms with van der Waals surface area (Å²) >= 11 is 0. The van der Waals surface area contributed by atoms with Gasteiger partial charge in [0.05, 0.1) is 17.0 Å². The topological polar surface area (TPSA) is 90.0 Å². The number of Topliss-reactive ketones (excluding diaryl/α,β-unsaturated/α-hetero) is 1. The van der Waals surface area contributed by atoms with Crippen molar-refractivity contribution in [1.82, 2.24) is 14.9 Å². The summed E-state index contributed by atoms with van der Waals surface area (Å²) in [4.78, 5) is 23.5. The highest BCUT2D eigenvalue weighted by Gasteiger charge is 2.16. The van der Waals surface area contributed by atoms with Gasteiger partial charge in [0, 0.05) is 24.2 Å². The molecule has 0 saturated carbocycles. The summed E-state index contributed by atoms with van der Waals surface area (Å²) in [5, 5.41) is 10.8. The van der Waals surface area contributed by atoms with Crippen LogP contribution in [0.4, 0.5) is 5.88 Å². The molecule has 0 spiro atoms. The first kappa shape index (κ1) is 15.9. The molecule has 2 heterocycles. The van der Waals surface area contributed by atoms with Gasteiger partial charge in [-0.3, -0.25) is 19.6 Å². The summed E-state index contributed by atoms with van der Waals surface area (Å²) in [6.07, 6.45) is 0.235. The zero-order valence-electron chi connectivity index (χ0n) is 13.5. The van der Waals surface area contributed by atoms with Crippen molar-refractivity contribution in [2.24, 2.45) is 0 Å². The summed E-state index contributed by atoms with van der Waals surface area (Å²) in [5.74, 6) is 0.176. The van der Waals surface area contributed by atoms with Crippen LogP contribution in [0, 0.1) is 27.7 Å². The Morgan fingerprint density at radius 3 is 2.36 bits per heavy atom. The van der Waals surface area contributed by atoms with Gasteiger partial charge in [-0.2, -0.15) is 5.10 Å². The monoisotopic (exact) mass is 304 g/mol. The molecule has 1 N–H and O–H groups in total. The van der Waals surface area contributed by atoms with E-state index in [1.165, 1.54) is 6.92 Å². The number of hydrogen-bond donors (Lipinski definition) is 1. The molecule has 0 saturated heterocycles. The maximum Gasteiger partial charge on any atom is 0.234 e. The Labute approximate surface area is 128 Å². The van der Waals surface area contributed by atoms with Gasteiger partial charge in [0.15, 0.2) is 5.78 Å². The molecule has 0 fully saturated rings. The molecule has 118 valence electrons. The van der Waals surface area contributed by atoms with Crippen LogP contribution in [-0.4, -0.2) is 26.6 Å². The average molecular weight is 304 g/mol. The molecule has 0 unspecified atom stereocenters. The number of aryl methyl sites for hydroxylation is 3. The summed E-state index contributed by atoms with van der Waals surface area (Å²) in [6, 6.07) is 0. The van der Waals surface area contributed by atoms with Crippen LogP contribution in [-0.2, 0) is 11.3 Å². The van der Waals surface area contributed by atoms with Gasteiger partial charge in [-0.25, -0.2) is 0 Å². The van der Waals surface area contributed by atoms with Crippen LogP contribution in [0.2, 0.25) is 0 Å². The Bertz CT molecular complexity index is 727. The van der Waals surface area contributed by atoms with Crippen molar-refractivity contribution in [1.29, 1.82) is 0 Å².